The maximum Gasteiger partial charge on any atom is 0.234 e. The number of aliphatic hydroxyl groups is 1. The lowest BCUT2D eigenvalue weighted by atomic mass is 9.75. The van der Waals surface area contributed by atoms with E-state index in [-0.39, 0.29) is 24.0 Å². The first-order valence-corrected chi connectivity index (χ1v) is 10.6. The topological polar surface area (TPSA) is 84.6 Å². The van der Waals surface area contributed by atoms with Gasteiger partial charge in [0.1, 0.15) is 0 Å². The summed E-state index contributed by atoms with van der Waals surface area (Å²) in [5.41, 5.74) is 5.41. The van der Waals surface area contributed by atoms with E-state index in [0.717, 1.165) is 19.3 Å². The zero-order valence-electron chi connectivity index (χ0n) is 17.5. The van der Waals surface area contributed by atoms with Gasteiger partial charge >= 0.3 is 0 Å². The highest BCUT2D eigenvalue weighted by Crippen LogP contribution is 2.36. The molecule has 0 aromatic rings. The van der Waals surface area contributed by atoms with Gasteiger partial charge in [-0.25, -0.2) is 0 Å². The number of carbonyl (C=O) groups is 1. The summed E-state index contributed by atoms with van der Waals surface area (Å²) in [7, 11) is 0. The van der Waals surface area contributed by atoms with Crippen LogP contribution < -0.4 is 11.1 Å². The Morgan fingerprint density at radius 2 is 2.00 bits per heavy atom. The van der Waals surface area contributed by atoms with Crippen molar-refractivity contribution in [2.75, 3.05) is 6.54 Å². The van der Waals surface area contributed by atoms with Gasteiger partial charge < -0.3 is 20.9 Å². The Labute approximate surface area is 160 Å². The second-order valence-corrected chi connectivity index (χ2v) is 8.62. The van der Waals surface area contributed by atoms with Crippen molar-refractivity contribution in [3.63, 3.8) is 0 Å². The van der Waals surface area contributed by atoms with E-state index in [4.69, 9.17) is 10.5 Å². The van der Waals surface area contributed by atoms with E-state index in [1.807, 2.05) is 6.92 Å². The second kappa shape index (κ2) is 11.9. The molecule has 0 bridgehead atoms. The van der Waals surface area contributed by atoms with E-state index in [2.05, 4.69) is 33.0 Å². The fourth-order valence-corrected chi connectivity index (χ4v) is 4.28. The highest BCUT2D eigenvalue weighted by atomic mass is 16.6. The molecule has 6 atom stereocenters. The average molecular weight is 371 g/mol. The normalized spacial score (nSPS) is 27.3. The number of carbonyl (C=O) groups excluding carboxylic acids is 1. The number of primary amides is 1. The van der Waals surface area contributed by atoms with Crippen molar-refractivity contribution in [1.82, 2.24) is 5.32 Å². The number of rotatable bonds is 12. The molecular weight excluding hydrogens is 328 g/mol. The molecule has 26 heavy (non-hydrogen) atoms. The smallest absolute Gasteiger partial charge is 0.234 e. The van der Waals surface area contributed by atoms with Crippen LogP contribution in [0.1, 0.15) is 79.6 Å². The predicted octanol–water partition coefficient (Wildman–Crippen LogP) is 3.44. The van der Waals surface area contributed by atoms with Gasteiger partial charge in [0.25, 0.3) is 0 Å². The summed E-state index contributed by atoms with van der Waals surface area (Å²) in [6.07, 6.45) is 6.22. The molecule has 1 rings (SSSR count). The van der Waals surface area contributed by atoms with Crippen LogP contribution in [-0.4, -0.2) is 36.0 Å². The second-order valence-electron chi connectivity index (χ2n) is 8.62. The van der Waals surface area contributed by atoms with Gasteiger partial charge in [0.15, 0.2) is 6.29 Å². The molecule has 5 nitrogen and oxygen atoms in total. The Kier molecular flexibility index (Phi) is 10.7. The molecule has 154 valence electrons. The van der Waals surface area contributed by atoms with Crippen molar-refractivity contribution < 1.29 is 14.6 Å². The molecule has 5 heteroatoms. The zero-order chi connectivity index (χ0) is 19.7. The Bertz CT molecular complexity index is 403. The maximum absolute atomic E-state index is 11.4. The first-order chi connectivity index (χ1) is 12.3. The monoisotopic (exact) mass is 370 g/mol. The predicted molar refractivity (Wildman–Crippen MR) is 107 cm³/mol. The van der Waals surface area contributed by atoms with Crippen LogP contribution in [0.5, 0.6) is 0 Å². The van der Waals surface area contributed by atoms with Crippen LogP contribution in [0.4, 0.5) is 0 Å². The summed E-state index contributed by atoms with van der Waals surface area (Å²) in [6.45, 7) is 11.6. The fraction of sp³-hybridized carbons (Fsp3) is 0.952. The summed E-state index contributed by atoms with van der Waals surface area (Å²) in [6, 6.07) is -0.295. The van der Waals surface area contributed by atoms with E-state index in [0.29, 0.717) is 37.1 Å². The summed E-state index contributed by atoms with van der Waals surface area (Å²) in [4.78, 5) is 11.4. The third kappa shape index (κ3) is 7.93. The van der Waals surface area contributed by atoms with Gasteiger partial charge in [0, 0.05) is 6.42 Å². The first-order valence-electron chi connectivity index (χ1n) is 10.6. The molecule has 4 N–H and O–H groups in total. The van der Waals surface area contributed by atoms with Crippen molar-refractivity contribution in [2.24, 2.45) is 29.4 Å². The molecule has 1 fully saturated rings. The Hall–Kier alpha value is -0.650. The highest BCUT2D eigenvalue weighted by Gasteiger charge is 2.33. The van der Waals surface area contributed by atoms with Gasteiger partial charge in [0.05, 0.1) is 12.1 Å². The molecule has 0 aromatic carbocycles. The third-order valence-electron chi connectivity index (χ3n) is 5.93. The van der Waals surface area contributed by atoms with E-state index in [9.17, 15) is 9.90 Å². The van der Waals surface area contributed by atoms with Gasteiger partial charge in [-0.15, -0.1) is 0 Å². The van der Waals surface area contributed by atoms with Crippen LogP contribution in [-0.2, 0) is 9.53 Å². The minimum absolute atomic E-state index is 0.151. The molecule has 0 aliphatic heterocycles. The summed E-state index contributed by atoms with van der Waals surface area (Å²) in [5, 5.41) is 13.8. The van der Waals surface area contributed by atoms with E-state index in [1.165, 1.54) is 12.8 Å². The molecule has 0 radical (unpaired) electrons. The van der Waals surface area contributed by atoms with Gasteiger partial charge in [-0.05, 0) is 55.9 Å². The van der Waals surface area contributed by atoms with Crippen molar-refractivity contribution in [3.05, 3.63) is 0 Å². The minimum Gasteiger partial charge on any atom is -0.368 e. The van der Waals surface area contributed by atoms with Crippen molar-refractivity contribution in [2.45, 2.75) is 98.0 Å². The molecule has 1 unspecified atom stereocenters. The number of aliphatic hydroxyl groups excluding tert-OH is 1. The van der Waals surface area contributed by atoms with Gasteiger partial charge in [-0.3, -0.25) is 4.79 Å². The van der Waals surface area contributed by atoms with Crippen molar-refractivity contribution >= 4 is 5.91 Å². The van der Waals surface area contributed by atoms with E-state index < -0.39 is 6.29 Å². The molecule has 1 aliphatic carbocycles. The molecular formula is C21H42N2O3. The Balaban J connectivity index is 2.56. The SMILES string of the molecule is CCC[C@@H](CN[C@@H](CC)C(N)=O)CC(O)O[C@@H]1C[C@H](C)CC[C@H]1C(C)C. The Morgan fingerprint density at radius 3 is 2.54 bits per heavy atom. The maximum atomic E-state index is 11.4. The lowest BCUT2D eigenvalue weighted by Crippen LogP contribution is -2.43. The molecule has 0 aromatic heterocycles. The molecule has 0 heterocycles. The van der Waals surface area contributed by atoms with Crippen LogP contribution in [0.3, 0.4) is 0 Å². The van der Waals surface area contributed by atoms with E-state index >= 15 is 0 Å². The average Bonchev–Trinajstić information content (AvgIpc) is 2.54. The van der Waals surface area contributed by atoms with Gasteiger partial charge in [0.2, 0.25) is 5.91 Å². The van der Waals surface area contributed by atoms with Crippen LogP contribution >= 0.6 is 0 Å². The Morgan fingerprint density at radius 1 is 1.31 bits per heavy atom. The van der Waals surface area contributed by atoms with Crippen LogP contribution in [0.25, 0.3) is 0 Å². The lowest BCUT2D eigenvalue weighted by Gasteiger charge is -2.38. The molecule has 1 saturated carbocycles. The number of nitrogens with two attached hydrogens (primary N) is 1. The van der Waals surface area contributed by atoms with Crippen LogP contribution in [0.2, 0.25) is 0 Å². The number of hydrogen-bond acceptors (Lipinski definition) is 4. The molecule has 1 amide bonds. The van der Waals surface area contributed by atoms with E-state index in [1.54, 1.807) is 0 Å². The summed E-state index contributed by atoms with van der Waals surface area (Å²) >= 11 is 0. The zero-order valence-corrected chi connectivity index (χ0v) is 17.5. The molecule has 0 saturated heterocycles. The highest BCUT2D eigenvalue weighted by molar-refractivity contribution is 5.79. The van der Waals surface area contributed by atoms with Crippen LogP contribution in [0, 0.1) is 23.7 Å². The lowest BCUT2D eigenvalue weighted by molar-refractivity contribution is -0.176. The first kappa shape index (κ1) is 23.4. The number of hydrogen-bond donors (Lipinski definition) is 3. The standard InChI is InChI=1S/C21H42N2O3/c1-6-8-16(13-23-18(7-2)21(22)25)12-20(24)26-19-11-15(5)9-10-17(19)14(3)4/h14-20,23-24H,6-13H2,1-5H3,(H2,22,25)/t15-,16-,17+,18+,19-,20?/m1/s1. The van der Waals surface area contributed by atoms with Crippen LogP contribution in [0.15, 0.2) is 0 Å². The minimum atomic E-state index is -0.737. The fourth-order valence-electron chi connectivity index (χ4n) is 4.28. The number of ether oxygens (including phenoxy) is 1. The van der Waals surface area contributed by atoms with Crippen molar-refractivity contribution in [3.8, 4) is 0 Å². The van der Waals surface area contributed by atoms with Crippen molar-refractivity contribution in [1.29, 1.82) is 0 Å². The number of amides is 1. The number of nitrogens with one attached hydrogen (secondary N) is 1. The quantitative estimate of drug-likeness (QED) is 0.459. The van der Waals surface area contributed by atoms with Gasteiger partial charge in [-0.2, -0.15) is 0 Å². The summed E-state index contributed by atoms with van der Waals surface area (Å²) < 4.78 is 6.13. The summed E-state index contributed by atoms with van der Waals surface area (Å²) in [5.74, 6) is 1.74. The third-order valence-corrected chi connectivity index (χ3v) is 5.93. The largest absolute Gasteiger partial charge is 0.368 e. The van der Waals surface area contributed by atoms with Gasteiger partial charge in [-0.1, -0.05) is 47.5 Å². The molecule has 0 spiro atoms. The molecule has 1 aliphatic rings.